The summed E-state index contributed by atoms with van der Waals surface area (Å²) < 4.78 is 27.8. The number of rotatable bonds is 7. The molecule has 0 spiro atoms. The number of carbonyl (C=O) groups is 1. The average Bonchev–Trinajstić information content (AvgIpc) is 3.21. The van der Waals surface area contributed by atoms with Crippen LogP contribution >= 0.6 is 0 Å². The summed E-state index contributed by atoms with van der Waals surface area (Å²) in [6.45, 7) is 1.17. The molecular formula is C24H30N2O3S. The van der Waals surface area contributed by atoms with E-state index in [2.05, 4.69) is 24.3 Å². The van der Waals surface area contributed by atoms with Crippen LogP contribution in [0.25, 0.3) is 0 Å². The molecule has 2 aromatic rings. The Morgan fingerprint density at radius 3 is 2.33 bits per heavy atom. The Kier molecular flexibility index (Phi) is 6.25. The minimum absolute atomic E-state index is 0.277. The summed E-state index contributed by atoms with van der Waals surface area (Å²) in [6, 6.07) is 14.0. The molecule has 160 valence electrons. The van der Waals surface area contributed by atoms with Crippen molar-refractivity contribution in [2.45, 2.75) is 56.3 Å². The van der Waals surface area contributed by atoms with Gasteiger partial charge in [-0.2, -0.15) is 4.31 Å². The number of amides is 1. The van der Waals surface area contributed by atoms with Crippen molar-refractivity contribution >= 4 is 15.9 Å². The lowest BCUT2D eigenvalue weighted by Crippen LogP contribution is -2.38. The van der Waals surface area contributed by atoms with Crippen LogP contribution in [0.15, 0.2) is 47.4 Å². The quantitative estimate of drug-likeness (QED) is 0.738. The number of benzene rings is 2. The minimum atomic E-state index is -3.40. The third kappa shape index (κ3) is 4.76. The molecule has 1 fully saturated rings. The SMILES string of the molecule is NC(=O)CCc1ccc(CC2CCN(S(=O)(=O)c3ccc4c(c3)CCC4)CC2)cc1. The Balaban J connectivity index is 1.33. The number of carbonyl (C=O) groups excluding carboxylic acids is 1. The molecule has 6 heteroatoms. The summed E-state index contributed by atoms with van der Waals surface area (Å²) in [5.41, 5.74) is 10.1. The molecule has 0 atom stereocenters. The summed E-state index contributed by atoms with van der Waals surface area (Å²) in [4.78, 5) is 11.4. The van der Waals surface area contributed by atoms with Crippen molar-refractivity contribution in [3.63, 3.8) is 0 Å². The number of hydrogen-bond donors (Lipinski definition) is 1. The molecule has 1 aliphatic carbocycles. The van der Waals surface area contributed by atoms with E-state index in [1.165, 1.54) is 16.7 Å². The van der Waals surface area contributed by atoms with Gasteiger partial charge in [-0.05, 0) is 85.3 Å². The van der Waals surface area contributed by atoms with E-state index >= 15 is 0 Å². The van der Waals surface area contributed by atoms with E-state index < -0.39 is 10.0 Å². The first-order chi connectivity index (χ1) is 14.4. The number of hydrogen-bond acceptors (Lipinski definition) is 3. The van der Waals surface area contributed by atoms with Crippen LogP contribution in [0.2, 0.25) is 0 Å². The highest BCUT2D eigenvalue weighted by atomic mass is 32.2. The van der Waals surface area contributed by atoms with E-state index in [0.29, 0.717) is 36.7 Å². The number of fused-ring (bicyclic) bond motifs is 1. The predicted octanol–water partition coefficient (Wildman–Crippen LogP) is 3.24. The van der Waals surface area contributed by atoms with Crippen LogP contribution in [-0.2, 0) is 40.5 Å². The number of piperidine rings is 1. The molecule has 2 aliphatic rings. The van der Waals surface area contributed by atoms with E-state index in [1.54, 1.807) is 10.4 Å². The first-order valence-electron chi connectivity index (χ1n) is 10.9. The van der Waals surface area contributed by atoms with Crippen molar-refractivity contribution in [1.29, 1.82) is 0 Å². The molecule has 1 amide bonds. The fourth-order valence-corrected chi connectivity index (χ4v) is 6.18. The van der Waals surface area contributed by atoms with Crippen molar-refractivity contribution in [1.82, 2.24) is 4.31 Å². The number of aryl methyl sites for hydroxylation is 3. The number of nitrogens with two attached hydrogens (primary N) is 1. The van der Waals surface area contributed by atoms with Crippen molar-refractivity contribution in [2.75, 3.05) is 13.1 Å². The summed E-state index contributed by atoms with van der Waals surface area (Å²) >= 11 is 0. The zero-order chi connectivity index (χ0) is 21.1. The van der Waals surface area contributed by atoms with E-state index in [4.69, 9.17) is 5.73 Å². The van der Waals surface area contributed by atoms with Crippen LogP contribution in [-0.4, -0.2) is 31.7 Å². The lowest BCUT2D eigenvalue weighted by atomic mass is 9.90. The number of nitrogens with zero attached hydrogens (tertiary/aromatic N) is 1. The molecular weight excluding hydrogens is 396 g/mol. The topological polar surface area (TPSA) is 80.5 Å². The zero-order valence-electron chi connectivity index (χ0n) is 17.3. The van der Waals surface area contributed by atoms with Crippen molar-refractivity contribution in [3.8, 4) is 0 Å². The smallest absolute Gasteiger partial charge is 0.243 e. The van der Waals surface area contributed by atoms with Gasteiger partial charge in [0.25, 0.3) is 0 Å². The lowest BCUT2D eigenvalue weighted by Gasteiger charge is -2.31. The fraction of sp³-hybridized carbons (Fsp3) is 0.458. The molecule has 0 unspecified atom stereocenters. The van der Waals surface area contributed by atoms with Crippen LogP contribution in [0.3, 0.4) is 0 Å². The second-order valence-electron chi connectivity index (χ2n) is 8.62. The van der Waals surface area contributed by atoms with Gasteiger partial charge in [-0.1, -0.05) is 30.3 Å². The highest BCUT2D eigenvalue weighted by Crippen LogP contribution is 2.29. The Bertz CT molecular complexity index is 1010. The monoisotopic (exact) mass is 426 g/mol. The highest BCUT2D eigenvalue weighted by molar-refractivity contribution is 7.89. The van der Waals surface area contributed by atoms with Gasteiger partial charge in [0.1, 0.15) is 0 Å². The van der Waals surface area contributed by atoms with E-state index in [1.807, 2.05) is 12.1 Å². The summed E-state index contributed by atoms with van der Waals surface area (Å²) in [7, 11) is -3.40. The van der Waals surface area contributed by atoms with Gasteiger partial charge in [0.15, 0.2) is 0 Å². The molecule has 1 aliphatic heterocycles. The van der Waals surface area contributed by atoms with Gasteiger partial charge < -0.3 is 5.73 Å². The summed E-state index contributed by atoms with van der Waals surface area (Å²) in [5, 5.41) is 0. The van der Waals surface area contributed by atoms with Gasteiger partial charge in [-0.3, -0.25) is 4.79 Å². The van der Waals surface area contributed by atoms with Gasteiger partial charge in [0.2, 0.25) is 15.9 Å². The van der Waals surface area contributed by atoms with Gasteiger partial charge in [-0.15, -0.1) is 0 Å². The molecule has 0 aromatic heterocycles. The van der Waals surface area contributed by atoms with Crippen molar-refractivity contribution in [2.24, 2.45) is 11.7 Å². The Hall–Kier alpha value is -2.18. The van der Waals surface area contributed by atoms with E-state index in [0.717, 1.165) is 44.1 Å². The van der Waals surface area contributed by atoms with Crippen molar-refractivity contribution < 1.29 is 13.2 Å². The van der Waals surface area contributed by atoms with Crippen LogP contribution < -0.4 is 5.73 Å². The van der Waals surface area contributed by atoms with Gasteiger partial charge in [-0.25, -0.2) is 8.42 Å². The molecule has 1 saturated heterocycles. The molecule has 0 bridgehead atoms. The third-order valence-corrected chi connectivity index (χ3v) is 8.38. The molecule has 2 N–H and O–H groups in total. The zero-order valence-corrected chi connectivity index (χ0v) is 18.2. The summed E-state index contributed by atoms with van der Waals surface area (Å²) in [6.07, 6.45) is 6.95. The predicted molar refractivity (Wildman–Crippen MR) is 118 cm³/mol. The van der Waals surface area contributed by atoms with E-state index in [-0.39, 0.29) is 5.91 Å². The van der Waals surface area contributed by atoms with Gasteiger partial charge in [0.05, 0.1) is 4.90 Å². The molecule has 0 radical (unpaired) electrons. The molecule has 1 heterocycles. The largest absolute Gasteiger partial charge is 0.370 e. The Morgan fingerprint density at radius 2 is 1.63 bits per heavy atom. The molecule has 4 rings (SSSR count). The Labute approximate surface area is 179 Å². The minimum Gasteiger partial charge on any atom is -0.370 e. The maximum Gasteiger partial charge on any atom is 0.243 e. The number of sulfonamides is 1. The maximum atomic E-state index is 13.1. The fourth-order valence-electron chi connectivity index (χ4n) is 4.65. The molecule has 5 nitrogen and oxygen atoms in total. The standard InChI is InChI=1S/C24H30N2O3S/c25-24(27)11-8-18-4-6-19(7-5-18)16-20-12-14-26(15-13-20)30(28,29)23-10-9-21-2-1-3-22(21)17-23/h4-7,9-10,17,20H,1-3,8,11-16H2,(H2,25,27). The van der Waals surface area contributed by atoms with Gasteiger partial charge >= 0.3 is 0 Å². The second kappa shape index (κ2) is 8.90. The molecule has 30 heavy (non-hydrogen) atoms. The van der Waals surface area contributed by atoms with Crippen LogP contribution in [0.4, 0.5) is 0 Å². The lowest BCUT2D eigenvalue weighted by molar-refractivity contribution is -0.117. The second-order valence-corrected chi connectivity index (χ2v) is 10.6. The van der Waals surface area contributed by atoms with Crippen LogP contribution in [0.5, 0.6) is 0 Å². The maximum absolute atomic E-state index is 13.1. The van der Waals surface area contributed by atoms with E-state index in [9.17, 15) is 13.2 Å². The van der Waals surface area contributed by atoms with Gasteiger partial charge in [0, 0.05) is 19.5 Å². The summed E-state index contributed by atoms with van der Waals surface area (Å²) in [5.74, 6) is 0.216. The number of primary amides is 1. The normalized spacial score (nSPS) is 17.7. The Morgan fingerprint density at radius 1 is 0.967 bits per heavy atom. The first-order valence-corrected chi connectivity index (χ1v) is 12.3. The van der Waals surface area contributed by atoms with Crippen LogP contribution in [0.1, 0.15) is 47.9 Å². The van der Waals surface area contributed by atoms with Crippen molar-refractivity contribution in [3.05, 3.63) is 64.7 Å². The first kappa shape index (κ1) is 21.1. The third-order valence-electron chi connectivity index (χ3n) is 6.49. The van der Waals surface area contributed by atoms with Crippen LogP contribution in [0, 0.1) is 5.92 Å². The molecule has 2 aromatic carbocycles. The molecule has 0 saturated carbocycles. The highest BCUT2D eigenvalue weighted by Gasteiger charge is 2.30. The average molecular weight is 427 g/mol.